The standard InChI is InChI=1S/C26H33NO6/c1-8-13(2)21(24(29)30)27-20(28)10-9-16-14(3)17-11-18-19(26(5,6)7)12-32-22(18)15(4)23(17)33-25(16)31/h11-13,21H,8-10H2,1-7H3,(H,27,28)(H,29,30)/t13-,21+/m1/s1. The number of carbonyl (C=O) groups is 2. The molecule has 0 saturated heterocycles. The highest BCUT2D eigenvalue weighted by Gasteiger charge is 2.26. The Hall–Kier alpha value is -3.09. The van der Waals surface area contributed by atoms with Crippen LogP contribution in [0.15, 0.2) is 26.0 Å². The maximum absolute atomic E-state index is 12.8. The van der Waals surface area contributed by atoms with Gasteiger partial charge < -0.3 is 19.3 Å². The second-order valence-electron chi connectivity index (χ2n) is 9.92. The first kappa shape index (κ1) is 24.6. The van der Waals surface area contributed by atoms with Gasteiger partial charge in [0.15, 0.2) is 0 Å². The summed E-state index contributed by atoms with van der Waals surface area (Å²) >= 11 is 0. The van der Waals surface area contributed by atoms with Gasteiger partial charge in [-0.2, -0.15) is 0 Å². The van der Waals surface area contributed by atoms with E-state index < -0.39 is 23.5 Å². The zero-order valence-corrected chi connectivity index (χ0v) is 20.4. The van der Waals surface area contributed by atoms with E-state index >= 15 is 0 Å². The van der Waals surface area contributed by atoms with Crippen LogP contribution in [0.3, 0.4) is 0 Å². The van der Waals surface area contributed by atoms with Crippen LogP contribution >= 0.6 is 0 Å². The van der Waals surface area contributed by atoms with Crippen LogP contribution in [0.4, 0.5) is 0 Å². The SMILES string of the molecule is CC[C@@H](C)[C@H](NC(=O)CCc1c(C)c2cc3c(C(C)(C)C)coc3c(C)c2oc1=O)C(=O)O. The lowest BCUT2D eigenvalue weighted by Gasteiger charge is -2.20. The Balaban J connectivity index is 1.97. The van der Waals surface area contributed by atoms with Gasteiger partial charge in [0, 0.05) is 33.9 Å². The predicted octanol–water partition coefficient (Wildman–Crippen LogP) is 5.00. The van der Waals surface area contributed by atoms with Gasteiger partial charge in [0.2, 0.25) is 5.91 Å². The number of aryl methyl sites for hydroxylation is 2. The van der Waals surface area contributed by atoms with Crippen LogP contribution in [0.25, 0.3) is 21.9 Å². The van der Waals surface area contributed by atoms with Crippen LogP contribution in [0.1, 0.15) is 69.7 Å². The molecule has 0 aliphatic carbocycles. The molecular formula is C26H33NO6. The van der Waals surface area contributed by atoms with Crippen LogP contribution in [-0.2, 0) is 21.4 Å². The number of aliphatic carboxylic acids is 1. The smallest absolute Gasteiger partial charge is 0.339 e. The third-order valence-corrected chi connectivity index (χ3v) is 6.55. The molecule has 7 heteroatoms. The van der Waals surface area contributed by atoms with E-state index in [1.807, 2.05) is 26.8 Å². The molecule has 0 aliphatic rings. The summed E-state index contributed by atoms with van der Waals surface area (Å²) in [6.07, 6.45) is 2.54. The summed E-state index contributed by atoms with van der Waals surface area (Å²) in [5.74, 6) is -1.66. The Labute approximate surface area is 193 Å². The molecule has 0 fully saturated rings. The molecule has 0 spiro atoms. The zero-order valence-electron chi connectivity index (χ0n) is 20.4. The van der Waals surface area contributed by atoms with Crippen molar-refractivity contribution in [2.24, 2.45) is 5.92 Å². The van der Waals surface area contributed by atoms with Gasteiger partial charge in [0.25, 0.3) is 0 Å². The van der Waals surface area contributed by atoms with Gasteiger partial charge in [-0.05, 0) is 43.2 Å². The molecule has 3 aromatic rings. The molecule has 0 aliphatic heterocycles. The molecular weight excluding hydrogens is 422 g/mol. The lowest BCUT2D eigenvalue weighted by Crippen LogP contribution is -2.45. The van der Waals surface area contributed by atoms with Gasteiger partial charge in [0.05, 0.1) is 6.26 Å². The minimum Gasteiger partial charge on any atom is -0.480 e. The number of nitrogens with one attached hydrogen (secondary N) is 1. The number of carboxylic acids is 1. The molecule has 0 saturated carbocycles. The molecule has 0 radical (unpaired) electrons. The largest absolute Gasteiger partial charge is 0.480 e. The summed E-state index contributed by atoms with van der Waals surface area (Å²) in [5.41, 5.74) is 3.59. The number of hydrogen-bond acceptors (Lipinski definition) is 5. The Morgan fingerprint density at radius 2 is 1.79 bits per heavy atom. The van der Waals surface area contributed by atoms with Crippen molar-refractivity contribution in [1.82, 2.24) is 5.32 Å². The molecule has 2 N–H and O–H groups in total. The quantitative estimate of drug-likeness (QED) is 0.485. The molecule has 178 valence electrons. The average molecular weight is 456 g/mol. The van der Waals surface area contributed by atoms with E-state index in [0.717, 1.165) is 27.5 Å². The molecule has 7 nitrogen and oxygen atoms in total. The minimum atomic E-state index is -1.06. The number of benzene rings is 1. The van der Waals surface area contributed by atoms with Crippen molar-refractivity contribution in [3.05, 3.63) is 45.0 Å². The molecule has 0 unspecified atom stereocenters. The van der Waals surface area contributed by atoms with Crippen molar-refractivity contribution in [3.63, 3.8) is 0 Å². The summed E-state index contributed by atoms with van der Waals surface area (Å²) in [6.45, 7) is 13.7. The molecule has 1 amide bonds. The van der Waals surface area contributed by atoms with Gasteiger partial charge in [-0.3, -0.25) is 4.79 Å². The third kappa shape index (κ3) is 4.68. The van der Waals surface area contributed by atoms with E-state index in [-0.39, 0.29) is 24.2 Å². The first-order valence-corrected chi connectivity index (χ1v) is 11.4. The summed E-state index contributed by atoms with van der Waals surface area (Å²) in [5, 5.41) is 13.8. The highest BCUT2D eigenvalue weighted by Crippen LogP contribution is 2.37. The van der Waals surface area contributed by atoms with Gasteiger partial charge in [-0.25, -0.2) is 9.59 Å². The van der Waals surface area contributed by atoms with E-state index in [1.165, 1.54) is 0 Å². The predicted molar refractivity (Wildman–Crippen MR) is 128 cm³/mol. The lowest BCUT2D eigenvalue weighted by atomic mass is 9.86. The summed E-state index contributed by atoms with van der Waals surface area (Å²) < 4.78 is 11.5. The monoisotopic (exact) mass is 455 g/mol. The normalized spacial score (nSPS) is 13.9. The second kappa shape index (κ2) is 9.04. The number of furan rings is 1. The van der Waals surface area contributed by atoms with Crippen molar-refractivity contribution >= 4 is 33.8 Å². The molecule has 1 aromatic carbocycles. The topological polar surface area (TPSA) is 110 Å². The van der Waals surface area contributed by atoms with Gasteiger partial charge in [0.1, 0.15) is 17.2 Å². The van der Waals surface area contributed by atoms with Crippen LogP contribution in [-0.4, -0.2) is 23.0 Å². The molecule has 2 aromatic heterocycles. The Bertz CT molecular complexity index is 1270. The Kier molecular flexibility index (Phi) is 6.73. The highest BCUT2D eigenvalue weighted by atomic mass is 16.4. The van der Waals surface area contributed by atoms with Crippen molar-refractivity contribution in [3.8, 4) is 0 Å². The first-order chi connectivity index (χ1) is 15.4. The number of hydrogen-bond donors (Lipinski definition) is 2. The van der Waals surface area contributed by atoms with E-state index in [9.17, 15) is 19.5 Å². The fraction of sp³-hybridized carbons (Fsp3) is 0.500. The van der Waals surface area contributed by atoms with Gasteiger partial charge in [-0.1, -0.05) is 41.0 Å². The lowest BCUT2D eigenvalue weighted by molar-refractivity contribution is -0.143. The molecule has 3 rings (SSSR count). The molecule has 2 heterocycles. The van der Waals surface area contributed by atoms with Crippen molar-refractivity contribution < 1.29 is 23.5 Å². The number of carboxylic acid groups (broad SMARTS) is 1. The van der Waals surface area contributed by atoms with Crippen LogP contribution in [0.5, 0.6) is 0 Å². The highest BCUT2D eigenvalue weighted by molar-refractivity contribution is 6.00. The minimum absolute atomic E-state index is 0.00248. The maximum Gasteiger partial charge on any atom is 0.339 e. The van der Waals surface area contributed by atoms with E-state index in [2.05, 4.69) is 26.1 Å². The van der Waals surface area contributed by atoms with Crippen LogP contribution < -0.4 is 10.9 Å². The fourth-order valence-corrected chi connectivity index (χ4v) is 4.23. The van der Waals surface area contributed by atoms with Crippen molar-refractivity contribution in [1.29, 1.82) is 0 Å². The first-order valence-electron chi connectivity index (χ1n) is 11.4. The van der Waals surface area contributed by atoms with Crippen LogP contribution in [0, 0.1) is 19.8 Å². The molecule has 2 atom stereocenters. The van der Waals surface area contributed by atoms with Crippen molar-refractivity contribution in [2.45, 2.75) is 79.2 Å². The second-order valence-corrected chi connectivity index (χ2v) is 9.92. The average Bonchev–Trinajstić information content (AvgIpc) is 3.17. The summed E-state index contributed by atoms with van der Waals surface area (Å²) in [4.78, 5) is 36.7. The van der Waals surface area contributed by atoms with Gasteiger partial charge >= 0.3 is 11.6 Å². The third-order valence-electron chi connectivity index (χ3n) is 6.55. The Morgan fingerprint density at radius 1 is 1.12 bits per heavy atom. The number of carbonyl (C=O) groups excluding carboxylic acids is 1. The number of amides is 1. The van der Waals surface area contributed by atoms with Crippen molar-refractivity contribution in [2.75, 3.05) is 0 Å². The van der Waals surface area contributed by atoms with E-state index in [1.54, 1.807) is 13.2 Å². The number of fused-ring (bicyclic) bond motifs is 2. The maximum atomic E-state index is 12.8. The van der Waals surface area contributed by atoms with E-state index in [4.69, 9.17) is 8.83 Å². The molecule has 33 heavy (non-hydrogen) atoms. The van der Waals surface area contributed by atoms with Gasteiger partial charge in [-0.15, -0.1) is 0 Å². The zero-order chi connectivity index (χ0) is 24.7. The Morgan fingerprint density at radius 3 is 2.36 bits per heavy atom. The summed E-state index contributed by atoms with van der Waals surface area (Å²) in [6, 6.07) is 1.04. The summed E-state index contributed by atoms with van der Waals surface area (Å²) in [7, 11) is 0. The van der Waals surface area contributed by atoms with E-state index in [0.29, 0.717) is 23.2 Å². The fourth-order valence-electron chi connectivity index (χ4n) is 4.23. The van der Waals surface area contributed by atoms with Crippen LogP contribution in [0.2, 0.25) is 0 Å². The molecule has 0 bridgehead atoms. The number of rotatable bonds is 7.